The van der Waals surface area contributed by atoms with Crippen LogP contribution in [0.25, 0.3) is 21.6 Å². The first-order valence-corrected chi connectivity index (χ1v) is 14.6. The van der Waals surface area contributed by atoms with Crippen molar-refractivity contribution in [2.75, 3.05) is 13.6 Å². The Morgan fingerprint density at radius 1 is 1.21 bits per heavy atom. The topological polar surface area (TPSA) is 92.6 Å². The van der Waals surface area contributed by atoms with Crippen LogP contribution in [0.4, 0.5) is 0 Å². The first-order chi connectivity index (χ1) is 18.6. The van der Waals surface area contributed by atoms with Crippen molar-refractivity contribution < 1.29 is 19.4 Å². The molecule has 0 bridgehead atoms. The van der Waals surface area contributed by atoms with Crippen LogP contribution in [0.15, 0.2) is 36.2 Å². The zero-order valence-corrected chi connectivity index (χ0v) is 24.4. The zero-order chi connectivity index (χ0) is 28.3. The number of carbonyl (C=O) groups is 2. The molecule has 1 amide bonds. The van der Waals surface area contributed by atoms with Gasteiger partial charge in [0.1, 0.15) is 22.6 Å². The second kappa shape index (κ2) is 12.3. The average Bonchev–Trinajstić information content (AvgIpc) is 3.56. The Balaban J connectivity index is 1.62. The Kier molecular flexibility index (Phi) is 9.05. The van der Waals surface area contributed by atoms with E-state index in [2.05, 4.69) is 45.7 Å². The number of fused-ring (bicyclic) bond motifs is 1. The van der Waals surface area contributed by atoms with Gasteiger partial charge in [-0.15, -0.1) is 17.9 Å². The Hall–Kier alpha value is -3.26. The minimum Gasteiger partial charge on any atom is -0.490 e. The monoisotopic (exact) mass is 549 g/mol. The van der Waals surface area contributed by atoms with Gasteiger partial charge in [-0.25, -0.2) is 9.97 Å². The third kappa shape index (κ3) is 6.32. The van der Waals surface area contributed by atoms with Crippen LogP contribution < -0.4 is 4.74 Å². The highest BCUT2D eigenvalue weighted by molar-refractivity contribution is 7.13. The molecular weight excluding hydrogens is 510 g/mol. The molecule has 0 saturated heterocycles. The molecular formula is C31H39N3O4S. The molecule has 3 atom stereocenters. The van der Waals surface area contributed by atoms with Gasteiger partial charge in [-0.1, -0.05) is 26.0 Å². The number of hydrogen-bond donors (Lipinski definition) is 1. The van der Waals surface area contributed by atoms with Crippen molar-refractivity contribution >= 4 is 34.1 Å². The predicted molar refractivity (Wildman–Crippen MR) is 156 cm³/mol. The fourth-order valence-electron chi connectivity index (χ4n) is 5.22. The normalized spacial score (nSPS) is 19.0. The van der Waals surface area contributed by atoms with Crippen LogP contribution >= 0.6 is 11.3 Å². The smallest absolute Gasteiger partial charge is 0.307 e. The average molecular weight is 550 g/mol. The highest BCUT2D eigenvalue weighted by atomic mass is 32.1. The summed E-state index contributed by atoms with van der Waals surface area (Å²) in [6.07, 6.45) is 4.85. The largest absolute Gasteiger partial charge is 0.490 e. The molecule has 208 valence electrons. The molecule has 7 nitrogen and oxygen atoms in total. The molecule has 2 aromatic heterocycles. The van der Waals surface area contributed by atoms with E-state index in [0.717, 1.165) is 57.7 Å². The molecule has 1 N–H and O–H groups in total. The number of pyridine rings is 1. The van der Waals surface area contributed by atoms with Crippen molar-refractivity contribution in [2.45, 2.75) is 71.8 Å². The number of aliphatic carboxylic acids is 1. The van der Waals surface area contributed by atoms with Gasteiger partial charge in [0.2, 0.25) is 5.91 Å². The molecule has 2 heterocycles. The van der Waals surface area contributed by atoms with E-state index < -0.39 is 23.9 Å². The summed E-state index contributed by atoms with van der Waals surface area (Å²) in [4.78, 5) is 36.9. The number of allylic oxidation sites excluding steroid dienone is 1. The van der Waals surface area contributed by atoms with Crippen molar-refractivity contribution in [3.05, 3.63) is 53.1 Å². The summed E-state index contributed by atoms with van der Waals surface area (Å²) in [6, 6.07) is 5.97. The molecule has 1 aliphatic rings. The van der Waals surface area contributed by atoms with Crippen LogP contribution in [-0.4, -0.2) is 51.5 Å². The van der Waals surface area contributed by atoms with Gasteiger partial charge in [0, 0.05) is 30.4 Å². The maximum absolute atomic E-state index is 13.3. The number of hydrogen-bond acceptors (Lipinski definition) is 6. The molecule has 1 saturated carbocycles. The minimum absolute atomic E-state index is 0.122. The lowest BCUT2D eigenvalue weighted by molar-refractivity contribution is -0.148. The number of thiazole rings is 1. The Bertz CT molecular complexity index is 1370. The van der Waals surface area contributed by atoms with Gasteiger partial charge in [0.15, 0.2) is 0 Å². The highest BCUT2D eigenvalue weighted by Crippen LogP contribution is 2.40. The molecule has 3 aromatic rings. The maximum atomic E-state index is 13.3. The predicted octanol–water partition coefficient (Wildman–Crippen LogP) is 6.77. The number of carbonyl (C=O) groups excluding carboxylic acids is 1. The van der Waals surface area contributed by atoms with Gasteiger partial charge in [-0.2, -0.15) is 0 Å². The number of unbranched alkanes of at least 4 members (excludes halogenated alkanes) is 2. The van der Waals surface area contributed by atoms with Gasteiger partial charge in [0.05, 0.1) is 23.0 Å². The van der Waals surface area contributed by atoms with Crippen LogP contribution in [0.5, 0.6) is 5.75 Å². The molecule has 1 fully saturated rings. The van der Waals surface area contributed by atoms with Gasteiger partial charge >= 0.3 is 5.97 Å². The molecule has 0 spiro atoms. The summed E-state index contributed by atoms with van der Waals surface area (Å²) in [7, 11) is 1.76. The lowest BCUT2D eigenvalue weighted by atomic mass is 9.95. The lowest BCUT2D eigenvalue weighted by Crippen LogP contribution is -2.37. The second-order valence-corrected chi connectivity index (χ2v) is 11.8. The third-order valence-corrected chi connectivity index (χ3v) is 8.66. The summed E-state index contributed by atoms with van der Waals surface area (Å²) >= 11 is 1.56. The van der Waals surface area contributed by atoms with E-state index in [9.17, 15) is 14.7 Å². The van der Waals surface area contributed by atoms with Crippen molar-refractivity contribution in [1.29, 1.82) is 0 Å². The van der Waals surface area contributed by atoms with E-state index in [0.29, 0.717) is 24.6 Å². The molecule has 0 aliphatic heterocycles. The number of carboxylic acids is 1. The number of aryl methyl sites for hydroxylation is 2. The molecule has 39 heavy (non-hydrogen) atoms. The van der Waals surface area contributed by atoms with Crippen LogP contribution in [0.3, 0.4) is 0 Å². The first-order valence-electron chi connectivity index (χ1n) is 13.7. The summed E-state index contributed by atoms with van der Waals surface area (Å²) < 4.78 is 6.55. The number of carboxylic acid groups (broad SMARTS) is 1. The van der Waals surface area contributed by atoms with E-state index in [1.165, 1.54) is 0 Å². The van der Waals surface area contributed by atoms with Gasteiger partial charge < -0.3 is 14.7 Å². The Morgan fingerprint density at radius 3 is 2.62 bits per heavy atom. The molecule has 1 aromatic carbocycles. The zero-order valence-electron chi connectivity index (χ0n) is 23.6. The van der Waals surface area contributed by atoms with Crippen molar-refractivity contribution in [1.82, 2.24) is 14.9 Å². The van der Waals surface area contributed by atoms with Crippen LogP contribution in [0.2, 0.25) is 0 Å². The molecule has 8 heteroatoms. The van der Waals surface area contributed by atoms with E-state index in [4.69, 9.17) is 14.7 Å². The minimum atomic E-state index is -0.949. The Labute approximate surface area is 234 Å². The van der Waals surface area contributed by atoms with E-state index >= 15 is 0 Å². The summed E-state index contributed by atoms with van der Waals surface area (Å²) in [5.41, 5.74) is 4.82. The summed E-state index contributed by atoms with van der Waals surface area (Å²) in [5.74, 6) is -1.49. The van der Waals surface area contributed by atoms with Crippen molar-refractivity contribution in [3.63, 3.8) is 0 Å². The Morgan fingerprint density at radius 2 is 1.95 bits per heavy atom. The number of amides is 1. The van der Waals surface area contributed by atoms with Crippen LogP contribution in [0, 0.1) is 25.7 Å². The van der Waals surface area contributed by atoms with Crippen molar-refractivity contribution in [3.8, 4) is 16.5 Å². The van der Waals surface area contributed by atoms with Gasteiger partial charge in [0.25, 0.3) is 0 Å². The quantitative estimate of drug-likeness (QED) is 0.210. The number of aromatic nitrogens is 2. The lowest BCUT2D eigenvalue weighted by Gasteiger charge is -2.23. The number of nitrogens with zero attached hydrogens (tertiary/aromatic N) is 3. The number of ether oxygens (including phenoxy) is 1. The SMILES string of the molecule is C=CCCCCN(C)C(=O)[C@@H]1C[C@H](Oc2cc(-c3nc(C(C)C)cs3)nc3c(C)c(C)ccc23)C[C@H]1C(=O)O. The van der Waals surface area contributed by atoms with Crippen LogP contribution in [-0.2, 0) is 9.59 Å². The van der Waals surface area contributed by atoms with E-state index in [1.54, 1.807) is 23.3 Å². The van der Waals surface area contributed by atoms with E-state index in [-0.39, 0.29) is 12.3 Å². The first kappa shape index (κ1) is 28.7. The second-order valence-electron chi connectivity index (χ2n) is 10.9. The third-order valence-electron chi connectivity index (χ3n) is 7.78. The van der Waals surface area contributed by atoms with Gasteiger partial charge in [-0.05, 0) is 69.1 Å². The van der Waals surface area contributed by atoms with Crippen molar-refractivity contribution in [2.24, 2.45) is 11.8 Å². The number of benzene rings is 1. The van der Waals surface area contributed by atoms with Gasteiger partial charge in [-0.3, -0.25) is 9.59 Å². The molecule has 1 aliphatic carbocycles. The molecule has 0 unspecified atom stereocenters. The van der Waals surface area contributed by atoms with E-state index in [1.807, 2.05) is 18.2 Å². The fraction of sp³-hybridized carbons (Fsp3) is 0.484. The molecule has 0 radical (unpaired) electrons. The fourth-order valence-corrected chi connectivity index (χ4v) is 6.16. The summed E-state index contributed by atoms with van der Waals surface area (Å²) in [5, 5.41) is 13.7. The number of rotatable bonds is 11. The maximum Gasteiger partial charge on any atom is 0.307 e. The highest BCUT2D eigenvalue weighted by Gasteiger charge is 2.45. The standard InChI is InChI=1S/C31H39N3O4S/c1-7-8-9-10-13-34(6)30(35)23-14-21(15-24(23)31(36)37)38-27-16-25(29-33-26(17-39-29)18(2)3)32-28-20(5)19(4)11-12-22(27)28/h7,11-12,16-18,21,23-24H,1,8-10,13-15H2,2-6H3,(H,36,37)/t21-,23+,24+/m0/s1. The van der Waals surface area contributed by atoms with Crippen LogP contribution in [0.1, 0.15) is 68.7 Å². The summed E-state index contributed by atoms with van der Waals surface area (Å²) in [6.45, 7) is 12.7. The molecule has 4 rings (SSSR count).